The van der Waals surface area contributed by atoms with Crippen molar-refractivity contribution in [1.29, 1.82) is 0 Å². The van der Waals surface area contributed by atoms with E-state index >= 15 is 0 Å². The lowest BCUT2D eigenvalue weighted by Crippen LogP contribution is -1.75. The first-order chi connectivity index (χ1) is 5.38. The Hall–Kier alpha value is -1.24. The number of hydrogen-bond donors (Lipinski definition) is 0. The molecule has 2 aromatic carbocycles. The zero-order valence-electron chi connectivity index (χ0n) is 6.54. The number of rotatable bonds is 0. The second kappa shape index (κ2) is 3.44. The standard InChI is InChI=1S/C11H10.BH3/c1-9-5-4-7-10-6-2-3-8-11(9)10;/h2-8H,1H3;1H3. The zero-order chi connectivity index (χ0) is 7.68. The van der Waals surface area contributed by atoms with Crippen LogP contribution in [0.3, 0.4) is 0 Å². The van der Waals surface area contributed by atoms with Crippen LogP contribution < -0.4 is 0 Å². The summed E-state index contributed by atoms with van der Waals surface area (Å²) in [7, 11) is 0. The van der Waals surface area contributed by atoms with E-state index in [9.17, 15) is 0 Å². The highest BCUT2D eigenvalue weighted by Gasteiger charge is 1.91. The fourth-order valence-electron chi connectivity index (χ4n) is 1.39. The van der Waals surface area contributed by atoms with Gasteiger partial charge in [-0.25, -0.2) is 0 Å². The molecule has 0 N–H and O–H groups in total. The Morgan fingerprint density at radius 1 is 0.833 bits per heavy atom. The van der Waals surface area contributed by atoms with Crippen LogP contribution in [0.5, 0.6) is 0 Å². The average Bonchev–Trinajstić information content (AvgIpc) is 2.06. The van der Waals surface area contributed by atoms with Crippen molar-refractivity contribution in [3.05, 3.63) is 48.0 Å². The van der Waals surface area contributed by atoms with E-state index in [-0.39, 0.29) is 8.41 Å². The van der Waals surface area contributed by atoms with Gasteiger partial charge in [0, 0.05) is 0 Å². The highest BCUT2D eigenvalue weighted by Crippen LogP contribution is 2.16. The van der Waals surface area contributed by atoms with Crippen molar-refractivity contribution < 1.29 is 0 Å². The minimum atomic E-state index is 0. The first-order valence-electron chi connectivity index (χ1n) is 3.82. The Morgan fingerprint density at radius 2 is 1.50 bits per heavy atom. The van der Waals surface area contributed by atoms with Crippen molar-refractivity contribution in [3.8, 4) is 0 Å². The summed E-state index contributed by atoms with van der Waals surface area (Å²) >= 11 is 0. The number of aryl methyl sites for hydroxylation is 1. The van der Waals surface area contributed by atoms with Crippen LogP contribution in [0.1, 0.15) is 5.56 Å². The molecule has 0 fully saturated rings. The highest BCUT2D eigenvalue weighted by molar-refractivity contribution is 5.85. The van der Waals surface area contributed by atoms with Gasteiger partial charge in [0.25, 0.3) is 0 Å². The van der Waals surface area contributed by atoms with Gasteiger partial charge in [-0.05, 0) is 23.3 Å². The number of hydrogen-bond acceptors (Lipinski definition) is 0. The molecular weight excluding hydrogens is 143 g/mol. The first-order valence-corrected chi connectivity index (χ1v) is 3.82. The lowest BCUT2D eigenvalue weighted by Gasteiger charge is -1.98. The molecule has 0 bridgehead atoms. The summed E-state index contributed by atoms with van der Waals surface area (Å²) in [6, 6.07) is 14.8. The third-order valence-electron chi connectivity index (χ3n) is 2.01. The quantitative estimate of drug-likeness (QED) is 0.511. The average molecular weight is 156 g/mol. The molecule has 0 amide bonds. The van der Waals surface area contributed by atoms with Crippen molar-refractivity contribution in [2.24, 2.45) is 0 Å². The predicted octanol–water partition coefficient (Wildman–Crippen LogP) is 1.96. The second-order valence-electron chi connectivity index (χ2n) is 2.80. The van der Waals surface area contributed by atoms with Gasteiger partial charge in [0.05, 0.1) is 8.41 Å². The summed E-state index contributed by atoms with van der Waals surface area (Å²) in [5.41, 5.74) is 1.35. The van der Waals surface area contributed by atoms with Gasteiger partial charge in [0.2, 0.25) is 0 Å². The first kappa shape index (κ1) is 8.86. The molecule has 60 valence electrons. The normalized spacial score (nSPS) is 9.42. The van der Waals surface area contributed by atoms with Crippen molar-refractivity contribution in [2.45, 2.75) is 6.92 Å². The van der Waals surface area contributed by atoms with Crippen LogP contribution >= 0.6 is 0 Å². The van der Waals surface area contributed by atoms with Crippen molar-refractivity contribution in [3.63, 3.8) is 0 Å². The summed E-state index contributed by atoms with van der Waals surface area (Å²) in [5.74, 6) is 0. The third-order valence-corrected chi connectivity index (χ3v) is 2.01. The lowest BCUT2D eigenvalue weighted by atomic mass is 10.1. The second-order valence-corrected chi connectivity index (χ2v) is 2.80. The Labute approximate surface area is 74.8 Å². The van der Waals surface area contributed by atoms with Gasteiger partial charge in [0.1, 0.15) is 0 Å². The van der Waals surface area contributed by atoms with Crippen molar-refractivity contribution >= 4 is 19.2 Å². The molecule has 0 heterocycles. The summed E-state index contributed by atoms with van der Waals surface area (Å²) in [4.78, 5) is 0. The van der Waals surface area contributed by atoms with Crippen LogP contribution in [0.25, 0.3) is 10.8 Å². The van der Waals surface area contributed by atoms with E-state index in [0.29, 0.717) is 0 Å². The van der Waals surface area contributed by atoms with Gasteiger partial charge in [-0.1, -0.05) is 42.5 Å². The molecule has 2 aromatic rings. The Bertz CT molecular complexity index is 374. The molecule has 0 aromatic heterocycles. The molecule has 0 radical (unpaired) electrons. The molecule has 0 aliphatic rings. The van der Waals surface area contributed by atoms with Crippen LogP contribution in [-0.4, -0.2) is 8.41 Å². The van der Waals surface area contributed by atoms with E-state index in [2.05, 4.69) is 49.4 Å². The summed E-state index contributed by atoms with van der Waals surface area (Å²) in [5, 5.41) is 2.68. The molecule has 0 nitrogen and oxygen atoms in total. The minimum Gasteiger partial charge on any atom is -0.0616 e. The Morgan fingerprint density at radius 3 is 2.25 bits per heavy atom. The highest BCUT2D eigenvalue weighted by atomic mass is 14.0. The van der Waals surface area contributed by atoms with Gasteiger partial charge in [-0.2, -0.15) is 0 Å². The van der Waals surface area contributed by atoms with Gasteiger partial charge in [-0.15, -0.1) is 0 Å². The maximum absolute atomic E-state index is 2.16. The molecule has 12 heavy (non-hydrogen) atoms. The summed E-state index contributed by atoms with van der Waals surface area (Å²) < 4.78 is 0. The van der Waals surface area contributed by atoms with E-state index in [1.54, 1.807) is 0 Å². The number of benzene rings is 2. The number of fused-ring (bicyclic) bond motifs is 1. The largest absolute Gasteiger partial charge is 0.0814 e. The molecule has 0 unspecified atom stereocenters. The smallest absolute Gasteiger partial charge is 0.0616 e. The van der Waals surface area contributed by atoms with E-state index in [1.165, 1.54) is 16.3 Å². The SMILES string of the molecule is B.Cc1cccc2ccccc12. The molecule has 0 aliphatic carbocycles. The summed E-state index contributed by atoms with van der Waals surface area (Å²) in [6.07, 6.45) is 0. The summed E-state index contributed by atoms with van der Waals surface area (Å²) in [6.45, 7) is 2.14. The van der Waals surface area contributed by atoms with E-state index < -0.39 is 0 Å². The van der Waals surface area contributed by atoms with Gasteiger partial charge in [0.15, 0.2) is 0 Å². The topological polar surface area (TPSA) is 0 Å². The van der Waals surface area contributed by atoms with Gasteiger partial charge < -0.3 is 0 Å². The van der Waals surface area contributed by atoms with Crippen LogP contribution in [0.15, 0.2) is 42.5 Å². The van der Waals surface area contributed by atoms with Crippen molar-refractivity contribution in [2.75, 3.05) is 0 Å². The fourth-order valence-corrected chi connectivity index (χ4v) is 1.39. The van der Waals surface area contributed by atoms with Crippen LogP contribution in [0.2, 0.25) is 0 Å². The van der Waals surface area contributed by atoms with Crippen LogP contribution in [0.4, 0.5) is 0 Å². The molecule has 2 rings (SSSR count). The lowest BCUT2D eigenvalue weighted by molar-refractivity contribution is 1.53. The fraction of sp³-hybridized carbons (Fsp3) is 0.0909. The van der Waals surface area contributed by atoms with Gasteiger partial charge >= 0.3 is 0 Å². The van der Waals surface area contributed by atoms with E-state index in [0.717, 1.165) is 0 Å². The molecule has 0 saturated heterocycles. The minimum absolute atomic E-state index is 0. The maximum Gasteiger partial charge on any atom is 0.0814 e. The van der Waals surface area contributed by atoms with E-state index in [1.807, 2.05) is 0 Å². The molecular formula is C11H13B. The monoisotopic (exact) mass is 156 g/mol. The Balaban J connectivity index is 0.000000720. The van der Waals surface area contributed by atoms with Crippen LogP contribution in [0, 0.1) is 6.92 Å². The van der Waals surface area contributed by atoms with Crippen LogP contribution in [-0.2, 0) is 0 Å². The third kappa shape index (κ3) is 1.35. The maximum atomic E-state index is 2.16. The van der Waals surface area contributed by atoms with Gasteiger partial charge in [-0.3, -0.25) is 0 Å². The molecule has 0 saturated carbocycles. The molecule has 0 aliphatic heterocycles. The Kier molecular flexibility index (Phi) is 2.54. The van der Waals surface area contributed by atoms with E-state index in [4.69, 9.17) is 0 Å². The van der Waals surface area contributed by atoms with Crippen molar-refractivity contribution in [1.82, 2.24) is 0 Å². The molecule has 0 spiro atoms. The zero-order valence-corrected chi connectivity index (χ0v) is 6.54. The predicted molar refractivity (Wildman–Crippen MR) is 58.6 cm³/mol. The molecule has 0 atom stereocenters. The molecule has 1 heteroatoms.